The predicted octanol–water partition coefficient (Wildman–Crippen LogP) is 3.43. The van der Waals surface area contributed by atoms with Crippen LogP contribution >= 0.6 is 11.6 Å². The second kappa shape index (κ2) is 5.53. The SMILES string of the molecule is CCc1nn(C)cc1Cn1c(CCl)nc2cccc(C)c21. The highest BCUT2D eigenvalue weighted by Crippen LogP contribution is 2.23. The van der Waals surface area contributed by atoms with Crippen LogP contribution in [0.1, 0.15) is 29.6 Å². The van der Waals surface area contributed by atoms with Gasteiger partial charge in [-0.3, -0.25) is 4.68 Å². The first kappa shape index (κ1) is 14.1. The first-order chi connectivity index (χ1) is 10.1. The highest BCUT2D eigenvalue weighted by molar-refractivity contribution is 6.16. The van der Waals surface area contributed by atoms with Crippen LogP contribution < -0.4 is 0 Å². The van der Waals surface area contributed by atoms with E-state index in [-0.39, 0.29) is 0 Å². The largest absolute Gasteiger partial charge is 0.322 e. The van der Waals surface area contributed by atoms with Crippen molar-refractivity contribution >= 4 is 22.6 Å². The fourth-order valence-corrected chi connectivity index (χ4v) is 3.07. The van der Waals surface area contributed by atoms with Crippen LogP contribution in [0.25, 0.3) is 11.0 Å². The van der Waals surface area contributed by atoms with E-state index in [9.17, 15) is 0 Å². The van der Waals surface area contributed by atoms with Crippen LogP contribution in [0, 0.1) is 6.92 Å². The Morgan fingerprint density at radius 1 is 1.29 bits per heavy atom. The number of para-hydroxylation sites is 1. The highest BCUT2D eigenvalue weighted by atomic mass is 35.5. The lowest BCUT2D eigenvalue weighted by molar-refractivity contribution is 0.746. The zero-order valence-electron chi connectivity index (χ0n) is 12.6. The molecule has 0 saturated carbocycles. The third kappa shape index (κ3) is 2.44. The third-order valence-electron chi connectivity index (χ3n) is 3.82. The summed E-state index contributed by atoms with van der Waals surface area (Å²) in [6, 6.07) is 6.19. The van der Waals surface area contributed by atoms with E-state index < -0.39 is 0 Å². The molecule has 3 aromatic rings. The molecule has 2 heterocycles. The molecular weight excluding hydrogens is 284 g/mol. The summed E-state index contributed by atoms with van der Waals surface area (Å²) >= 11 is 6.10. The van der Waals surface area contributed by atoms with Gasteiger partial charge in [0.25, 0.3) is 0 Å². The summed E-state index contributed by atoms with van der Waals surface area (Å²) in [5, 5.41) is 4.52. The Labute approximate surface area is 129 Å². The van der Waals surface area contributed by atoms with Gasteiger partial charge in [0.2, 0.25) is 0 Å². The minimum atomic E-state index is 0.413. The fourth-order valence-electron chi connectivity index (χ4n) is 2.87. The molecule has 0 fully saturated rings. The van der Waals surface area contributed by atoms with E-state index in [0.29, 0.717) is 5.88 Å². The van der Waals surface area contributed by atoms with E-state index in [1.165, 1.54) is 16.6 Å². The molecule has 5 heteroatoms. The van der Waals surface area contributed by atoms with Crippen molar-refractivity contribution in [1.29, 1.82) is 0 Å². The number of hydrogen-bond acceptors (Lipinski definition) is 2. The van der Waals surface area contributed by atoms with Gasteiger partial charge >= 0.3 is 0 Å². The first-order valence-electron chi connectivity index (χ1n) is 7.16. The summed E-state index contributed by atoms with van der Waals surface area (Å²) in [7, 11) is 1.96. The molecule has 0 atom stereocenters. The average molecular weight is 303 g/mol. The molecule has 3 rings (SSSR count). The summed E-state index contributed by atoms with van der Waals surface area (Å²) in [5.74, 6) is 1.32. The number of halogens is 1. The summed E-state index contributed by atoms with van der Waals surface area (Å²) in [6.45, 7) is 5.01. The van der Waals surface area contributed by atoms with Crippen molar-refractivity contribution in [1.82, 2.24) is 19.3 Å². The van der Waals surface area contributed by atoms with Crippen molar-refractivity contribution in [2.75, 3.05) is 0 Å². The van der Waals surface area contributed by atoms with Crippen molar-refractivity contribution in [3.63, 3.8) is 0 Å². The third-order valence-corrected chi connectivity index (χ3v) is 4.06. The van der Waals surface area contributed by atoms with Crippen molar-refractivity contribution in [2.24, 2.45) is 7.05 Å². The molecule has 0 unspecified atom stereocenters. The maximum atomic E-state index is 6.10. The summed E-state index contributed by atoms with van der Waals surface area (Å²) in [5.41, 5.74) is 5.76. The second-order valence-electron chi connectivity index (χ2n) is 5.32. The van der Waals surface area contributed by atoms with E-state index in [1.807, 2.05) is 23.9 Å². The van der Waals surface area contributed by atoms with Gasteiger partial charge in [-0.05, 0) is 25.0 Å². The number of nitrogens with zero attached hydrogens (tertiary/aromatic N) is 4. The molecular formula is C16H19ClN4. The van der Waals surface area contributed by atoms with Crippen molar-refractivity contribution < 1.29 is 0 Å². The lowest BCUT2D eigenvalue weighted by Gasteiger charge is -2.09. The smallest absolute Gasteiger partial charge is 0.125 e. The zero-order chi connectivity index (χ0) is 15.0. The number of fused-ring (bicyclic) bond motifs is 1. The molecule has 0 N–H and O–H groups in total. The Morgan fingerprint density at radius 2 is 2.10 bits per heavy atom. The Morgan fingerprint density at radius 3 is 2.81 bits per heavy atom. The number of aryl methyl sites for hydroxylation is 3. The molecule has 0 aliphatic rings. The van der Waals surface area contributed by atoms with Crippen LogP contribution in [-0.2, 0) is 25.9 Å². The van der Waals surface area contributed by atoms with E-state index in [1.54, 1.807) is 0 Å². The van der Waals surface area contributed by atoms with Crippen LogP contribution in [-0.4, -0.2) is 19.3 Å². The lowest BCUT2D eigenvalue weighted by atomic mass is 10.2. The summed E-state index contributed by atoms with van der Waals surface area (Å²) < 4.78 is 4.09. The zero-order valence-corrected chi connectivity index (χ0v) is 13.4. The molecule has 0 aliphatic carbocycles. The Kier molecular flexibility index (Phi) is 3.72. The van der Waals surface area contributed by atoms with E-state index in [4.69, 9.17) is 11.6 Å². The van der Waals surface area contributed by atoms with Gasteiger partial charge in [-0.1, -0.05) is 19.1 Å². The molecule has 0 saturated heterocycles. The normalized spacial score (nSPS) is 11.4. The van der Waals surface area contributed by atoms with Gasteiger partial charge in [-0.15, -0.1) is 11.6 Å². The minimum absolute atomic E-state index is 0.413. The van der Waals surface area contributed by atoms with Crippen molar-refractivity contribution in [2.45, 2.75) is 32.7 Å². The molecule has 4 nitrogen and oxygen atoms in total. The second-order valence-corrected chi connectivity index (χ2v) is 5.59. The Hall–Kier alpha value is -1.81. The topological polar surface area (TPSA) is 35.6 Å². The standard InChI is InChI=1S/C16H19ClN4/c1-4-13-12(9-20(3)19-13)10-21-15(8-17)18-14-7-5-6-11(2)16(14)21/h5-7,9H,4,8,10H2,1-3H3. The number of aromatic nitrogens is 4. The summed E-state index contributed by atoms with van der Waals surface area (Å²) in [4.78, 5) is 4.65. The van der Waals surface area contributed by atoms with Gasteiger partial charge in [0.1, 0.15) is 5.82 Å². The first-order valence-corrected chi connectivity index (χ1v) is 7.69. The van der Waals surface area contributed by atoms with Crippen LogP contribution in [0.5, 0.6) is 0 Å². The number of alkyl halides is 1. The van der Waals surface area contributed by atoms with Gasteiger partial charge < -0.3 is 4.57 Å². The maximum Gasteiger partial charge on any atom is 0.125 e. The molecule has 0 radical (unpaired) electrons. The molecule has 0 spiro atoms. The predicted molar refractivity (Wildman–Crippen MR) is 85.7 cm³/mol. The molecule has 1 aromatic carbocycles. The lowest BCUT2D eigenvalue weighted by Crippen LogP contribution is -2.05. The van der Waals surface area contributed by atoms with Crippen LogP contribution in [0.4, 0.5) is 0 Å². The molecule has 0 aliphatic heterocycles. The highest BCUT2D eigenvalue weighted by Gasteiger charge is 2.14. The van der Waals surface area contributed by atoms with Crippen LogP contribution in [0.2, 0.25) is 0 Å². The molecule has 2 aromatic heterocycles. The van der Waals surface area contributed by atoms with Gasteiger partial charge in [-0.2, -0.15) is 5.10 Å². The quantitative estimate of drug-likeness (QED) is 0.692. The van der Waals surface area contributed by atoms with E-state index >= 15 is 0 Å². The Balaban J connectivity index is 2.15. The summed E-state index contributed by atoms with van der Waals surface area (Å²) in [6.07, 6.45) is 3.01. The molecule has 21 heavy (non-hydrogen) atoms. The maximum absolute atomic E-state index is 6.10. The minimum Gasteiger partial charge on any atom is -0.322 e. The Bertz CT molecular complexity index is 785. The van der Waals surface area contributed by atoms with Crippen LogP contribution in [0.3, 0.4) is 0 Å². The average Bonchev–Trinajstić information content (AvgIpc) is 3.00. The van der Waals surface area contributed by atoms with E-state index in [0.717, 1.165) is 30.0 Å². The van der Waals surface area contributed by atoms with Gasteiger partial charge in [0.05, 0.1) is 29.2 Å². The van der Waals surface area contributed by atoms with Gasteiger partial charge in [0, 0.05) is 18.8 Å². The number of benzene rings is 1. The van der Waals surface area contributed by atoms with E-state index in [2.05, 4.69) is 40.8 Å². The van der Waals surface area contributed by atoms with Crippen molar-refractivity contribution in [3.8, 4) is 0 Å². The molecule has 0 bridgehead atoms. The van der Waals surface area contributed by atoms with Crippen molar-refractivity contribution in [3.05, 3.63) is 47.0 Å². The van der Waals surface area contributed by atoms with Crippen LogP contribution in [0.15, 0.2) is 24.4 Å². The van der Waals surface area contributed by atoms with Gasteiger partial charge in [0.15, 0.2) is 0 Å². The van der Waals surface area contributed by atoms with Gasteiger partial charge in [-0.25, -0.2) is 4.98 Å². The number of imidazole rings is 1. The molecule has 0 amide bonds. The number of rotatable bonds is 4. The molecule has 110 valence electrons. The fraction of sp³-hybridized carbons (Fsp3) is 0.375. The number of hydrogen-bond donors (Lipinski definition) is 0. The monoisotopic (exact) mass is 302 g/mol.